The highest BCUT2D eigenvalue weighted by Crippen LogP contribution is 2.38. The number of carbonyl (C=O) groups is 1. The van der Waals surface area contributed by atoms with E-state index in [1.807, 2.05) is 35.4 Å². The van der Waals surface area contributed by atoms with Crippen molar-refractivity contribution in [2.24, 2.45) is 0 Å². The number of halogens is 1. The smallest absolute Gasteiger partial charge is 0.222 e. The van der Waals surface area contributed by atoms with Gasteiger partial charge in [0, 0.05) is 49.6 Å². The summed E-state index contributed by atoms with van der Waals surface area (Å²) < 4.78 is 14.2. The van der Waals surface area contributed by atoms with Crippen molar-refractivity contribution in [1.82, 2.24) is 14.8 Å². The van der Waals surface area contributed by atoms with Gasteiger partial charge in [-0.2, -0.15) is 0 Å². The van der Waals surface area contributed by atoms with Gasteiger partial charge in [-0.15, -0.1) is 0 Å². The summed E-state index contributed by atoms with van der Waals surface area (Å²) in [6.07, 6.45) is 9.16. The highest BCUT2D eigenvalue weighted by Gasteiger charge is 2.44. The van der Waals surface area contributed by atoms with Crippen molar-refractivity contribution in [1.29, 1.82) is 0 Å². The topological polar surface area (TPSA) is 36.4 Å². The minimum absolute atomic E-state index is 0.00446. The second-order valence-electron chi connectivity index (χ2n) is 8.12. The normalized spacial score (nSPS) is 22.7. The molecule has 0 N–H and O–H groups in total. The minimum Gasteiger partial charge on any atom is -0.341 e. The Morgan fingerprint density at radius 3 is 2.71 bits per heavy atom. The fourth-order valence-electron chi connectivity index (χ4n) is 4.82. The van der Waals surface area contributed by atoms with E-state index in [-0.39, 0.29) is 17.3 Å². The van der Waals surface area contributed by atoms with Gasteiger partial charge < -0.3 is 4.90 Å². The molecule has 28 heavy (non-hydrogen) atoms. The lowest BCUT2D eigenvalue weighted by Crippen LogP contribution is -2.56. The van der Waals surface area contributed by atoms with Crippen LogP contribution in [-0.2, 0) is 17.8 Å². The van der Waals surface area contributed by atoms with Gasteiger partial charge in [-0.1, -0.05) is 24.3 Å². The van der Waals surface area contributed by atoms with Crippen LogP contribution in [0.2, 0.25) is 0 Å². The number of amides is 1. The molecule has 3 heterocycles. The molecule has 5 heteroatoms. The van der Waals surface area contributed by atoms with E-state index < -0.39 is 0 Å². The maximum atomic E-state index is 14.2. The molecule has 0 radical (unpaired) electrons. The highest BCUT2D eigenvalue weighted by molar-refractivity contribution is 5.76. The van der Waals surface area contributed by atoms with E-state index in [2.05, 4.69) is 9.88 Å². The van der Waals surface area contributed by atoms with Crippen molar-refractivity contribution < 1.29 is 9.18 Å². The van der Waals surface area contributed by atoms with Crippen molar-refractivity contribution in [3.05, 3.63) is 65.7 Å². The van der Waals surface area contributed by atoms with Crippen LogP contribution >= 0.6 is 0 Å². The SMILES string of the molecule is O=C(CCc1cccnc1)N1CCCC2(CCCN2Cc2ccccc2F)C1. The van der Waals surface area contributed by atoms with Gasteiger partial charge in [-0.3, -0.25) is 14.7 Å². The standard InChI is InChI=1S/C23H28FN3O/c24-21-8-2-1-7-20(21)17-27-15-5-12-23(27)11-4-14-26(18-23)22(28)10-9-19-6-3-13-25-16-19/h1-3,6-8,13,16H,4-5,9-12,14-15,17-18H2. The Balaban J connectivity index is 1.41. The van der Waals surface area contributed by atoms with Gasteiger partial charge in [-0.05, 0) is 56.3 Å². The number of rotatable bonds is 5. The van der Waals surface area contributed by atoms with E-state index in [0.717, 1.165) is 62.9 Å². The molecule has 0 bridgehead atoms. The summed E-state index contributed by atoms with van der Waals surface area (Å²) in [6.45, 7) is 3.21. The first-order chi connectivity index (χ1) is 13.7. The lowest BCUT2D eigenvalue weighted by molar-refractivity contribution is -0.135. The van der Waals surface area contributed by atoms with Gasteiger partial charge in [-0.25, -0.2) is 4.39 Å². The lowest BCUT2D eigenvalue weighted by atomic mass is 9.86. The van der Waals surface area contributed by atoms with Crippen molar-refractivity contribution in [3.8, 4) is 0 Å². The van der Waals surface area contributed by atoms with Crippen LogP contribution < -0.4 is 0 Å². The van der Waals surface area contributed by atoms with E-state index in [1.165, 1.54) is 6.07 Å². The first kappa shape index (κ1) is 19.1. The van der Waals surface area contributed by atoms with E-state index in [9.17, 15) is 9.18 Å². The predicted molar refractivity (Wildman–Crippen MR) is 107 cm³/mol. The number of likely N-dealkylation sites (tertiary alicyclic amines) is 2. The van der Waals surface area contributed by atoms with Crippen LogP contribution in [0, 0.1) is 5.82 Å². The molecule has 2 aliphatic heterocycles. The highest BCUT2D eigenvalue weighted by atomic mass is 19.1. The third-order valence-corrected chi connectivity index (χ3v) is 6.32. The van der Waals surface area contributed by atoms with Crippen LogP contribution in [0.3, 0.4) is 0 Å². The van der Waals surface area contributed by atoms with E-state index in [1.54, 1.807) is 12.3 Å². The average Bonchev–Trinajstić information content (AvgIpc) is 3.10. The van der Waals surface area contributed by atoms with Gasteiger partial charge in [0.15, 0.2) is 0 Å². The van der Waals surface area contributed by atoms with Crippen LogP contribution in [0.15, 0.2) is 48.8 Å². The molecule has 2 aromatic rings. The molecular weight excluding hydrogens is 353 g/mol. The van der Waals surface area contributed by atoms with Crippen molar-refractivity contribution in [3.63, 3.8) is 0 Å². The summed E-state index contributed by atoms with van der Waals surface area (Å²) in [4.78, 5) is 21.4. The van der Waals surface area contributed by atoms with Gasteiger partial charge in [0.2, 0.25) is 5.91 Å². The first-order valence-corrected chi connectivity index (χ1v) is 10.3. The fourth-order valence-corrected chi connectivity index (χ4v) is 4.82. The van der Waals surface area contributed by atoms with Crippen LogP contribution in [0.1, 0.15) is 43.2 Å². The van der Waals surface area contributed by atoms with E-state index in [0.29, 0.717) is 13.0 Å². The third kappa shape index (κ3) is 4.09. The molecule has 2 aliphatic rings. The van der Waals surface area contributed by atoms with E-state index >= 15 is 0 Å². The predicted octanol–water partition coefficient (Wildman–Crippen LogP) is 3.81. The maximum absolute atomic E-state index is 14.2. The molecule has 148 valence electrons. The Morgan fingerprint density at radius 2 is 1.93 bits per heavy atom. The quantitative estimate of drug-likeness (QED) is 0.790. The van der Waals surface area contributed by atoms with Crippen LogP contribution in [-0.4, -0.2) is 45.9 Å². The summed E-state index contributed by atoms with van der Waals surface area (Å²) in [6, 6.07) is 11.0. The summed E-state index contributed by atoms with van der Waals surface area (Å²) in [5, 5.41) is 0. The second kappa shape index (κ2) is 8.39. The minimum atomic E-state index is -0.134. The molecule has 2 saturated heterocycles. The van der Waals surface area contributed by atoms with Crippen LogP contribution in [0.4, 0.5) is 4.39 Å². The number of aryl methyl sites for hydroxylation is 1. The molecule has 4 rings (SSSR count). The van der Waals surface area contributed by atoms with Crippen molar-refractivity contribution >= 4 is 5.91 Å². The Hall–Kier alpha value is -2.27. The molecule has 0 saturated carbocycles. The van der Waals surface area contributed by atoms with Gasteiger partial charge in [0.1, 0.15) is 5.82 Å². The molecular formula is C23H28FN3O. The zero-order valence-corrected chi connectivity index (χ0v) is 16.3. The Kier molecular flexibility index (Phi) is 5.72. The molecule has 1 aromatic heterocycles. The molecule has 0 aliphatic carbocycles. The number of piperidine rings is 1. The largest absolute Gasteiger partial charge is 0.341 e. The summed E-state index contributed by atoms with van der Waals surface area (Å²) >= 11 is 0. The lowest BCUT2D eigenvalue weighted by Gasteiger charge is -2.46. The monoisotopic (exact) mass is 381 g/mol. The molecule has 1 atom stereocenters. The number of hydrogen-bond acceptors (Lipinski definition) is 3. The molecule has 1 aromatic carbocycles. The number of hydrogen-bond donors (Lipinski definition) is 0. The van der Waals surface area contributed by atoms with Crippen molar-refractivity contribution in [2.45, 2.75) is 50.6 Å². The zero-order chi connectivity index (χ0) is 19.4. The average molecular weight is 381 g/mol. The molecule has 1 unspecified atom stereocenters. The number of pyridine rings is 1. The fraction of sp³-hybridized carbons (Fsp3) is 0.478. The molecule has 1 amide bonds. The van der Waals surface area contributed by atoms with Crippen LogP contribution in [0.25, 0.3) is 0 Å². The third-order valence-electron chi connectivity index (χ3n) is 6.32. The number of aromatic nitrogens is 1. The van der Waals surface area contributed by atoms with E-state index in [4.69, 9.17) is 0 Å². The molecule has 1 spiro atoms. The maximum Gasteiger partial charge on any atom is 0.222 e. The molecule has 4 nitrogen and oxygen atoms in total. The number of nitrogens with zero attached hydrogens (tertiary/aromatic N) is 3. The van der Waals surface area contributed by atoms with Crippen molar-refractivity contribution in [2.75, 3.05) is 19.6 Å². The number of benzene rings is 1. The Labute approximate surface area is 166 Å². The second-order valence-corrected chi connectivity index (χ2v) is 8.12. The van der Waals surface area contributed by atoms with Gasteiger partial charge >= 0.3 is 0 Å². The Morgan fingerprint density at radius 1 is 1.11 bits per heavy atom. The van der Waals surface area contributed by atoms with Crippen LogP contribution in [0.5, 0.6) is 0 Å². The number of carbonyl (C=O) groups excluding carboxylic acids is 1. The Bertz CT molecular complexity index is 813. The van der Waals surface area contributed by atoms with Gasteiger partial charge in [0.25, 0.3) is 0 Å². The van der Waals surface area contributed by atoms with Gasteiger partial charge in [0.05, 0.1) is 0 Å². The first-order valence-electron chi connectivity index (χ1n) is 10.3. The molecule has 2 fully saturated rings. The summed E-state index contributed by atoms with van der Waals surface area (Å²) in [5.74, 6) is 0.0884. The zero-order valence-electron chi connectivity index (χ0n) is 16.3. The summed E-state index contributed by atoms with van der Waals surface area (Å²) in [7, 11) is 0. The summed E-state index contributed by atoms with van der Waals surface area (Å²) in [5.41, 5.74) is 1.86.